The summed E-state index contributed by atoms with van der Waals surface area (Å²) in [6, 6.07) is 8.46. The molecule has 2 aliphatic rings. The molecule has 2 aromatic rings. The molecule has 208 valence electrons. The number of ether oxygens (including phenoxy) is 2. The summed E-state index contributed by atoms with van der Waals surface area (Å²) in [4.78, 5) is 16.5. The largest absolute Gasteiger partial charge is 0.478 e. The van der Waals surface area contributed by atoms with Crippen LogP contribution in [0.5, 0.6) is 0 Å². The fourth-order valence-electron chi connectivity index (χ4n) is 4.80. The lowest BCUT2D eigenvalue weighted by atomic mass is 9.99. The topological polar surface area (TPSA) is 99.6 Å². The number of halogens is 1. The fraction of sp³-hybridized carbons (Fsp3) is 0.519. The zero-order chi connectivity index (χ0) is 27.1. The highest BCUT2D eigenvalue weighted by molar-refractivity contribution is 7.89. The lowest BCUT2D eigenvalue weighted by Crippen LogP contribution is -2.42. The third-order valence-electron chi connectivity index (χ3n) is 6.96. The van der Waals surface area contributed by atoms with Gasteiger partial charge in [-0.2, -0.15) is 4.31 Å². The van der Waals surface area contributed by atoms with E-state index in [-0.39, 0.29) is 36.8 Å². The van der Waals surface area contributed by atoms with Crippen LogP contribution in [-0.2, 0) is 19.5 Å². The summed E-state index contributed by atoms with van der Waals surface area (Å²) in [7, 11) is -4.08. The number of benzene rings is 2. The van der Waals surface area contributed by atoms with E-state index < -0.39 is 21.8 Å². The first-order valence-electron chi connectivity index (χ1n) is 13.1. The van der Waals surface area contributed by atoms with E-state index in [1.54, 1.807) is 18.2 Å². The Morgan fingerprint density at radius 2 is 1.63 bits per heavy atom. The van der Waals surface area contributed by atoms with Crippen molar-refractivity contribution in [1.29, 1.82) is 0 Å². The quantitative estimate of drug-likeness (QED) is 0.457. The molecule has 9 nitrogen and oxygen atoms in total. The van der Waals surface area contributed by atoms with Crippen molar-refractivity contribution in [3.8, 4) is 11.1 Å². The number of sulfonamides is 1. The first-order valence-corrected chi connectivity index (χ1v) is 14.6. The standard InChI is InChI=1S/C27H36FN3O6S/c1-2-3-8-30(10-9-29-11-15-36-16-12-29)24-19-22(27(32)33)20-25(26(24)21-4-6-23(28)7-5-21)38(34,35)31-13-17-37-18-14-31/h4-7,19-20H,2-3,8-18H2,1H3,(H,32,33). The number of rotatable bonds is 11. The van der Waals surface area contributed by atoms with E-state index in [4.69, 9.17) is 9.47 Å². The molecule has 11 heteroatoms. The van der Waals surface area contributed by atoms with Gasteiger partial charge in [-0.05, 0) is 36.2 Å². The minimum atomic E-state index is -4.08. The third-order valence-corrected chi connectivity index (χ3v) is 8.88. The Morgan fingerprint density at radius 3 is 2.24 bits per heavy atom. The average molecular weight is 550 g/mol. The Kier molecular flexibility index (Phi) is 9.72. The van der Waals surface area contributed by atoms with Crippen molar-refractivity contribution in [2.45, 2.75) is 24.7 Å². The van der Waals surface area contributed by atoms with Crippen LogP contribution in [0.2, 0.25) is 0 Å². The van der Waals surface area contributed by atoms with E-state index in [2.05, 4.69) is 16.7 Å². The summed E-state index contributed by atoms with van der Waals surface area (Å²) >= 11 is 0. The Labute approximate surface area is 223 Å². The molecule has 0 radical (unpaired) electrons. The molecule has 0 unspecified atom stereocenters. The predicted octanol–water partition coefficient (Wildman–Crippen LogP) is 3.15. The maximum absolute atomic E-state index is 14.0. The van der Waals surface area contributed by atoms with Gasteiger partial charge in [0.1, 0.15) is 5.82 Å². The van der Waals surface area contributed by atoms with Gasteiger partial charge >= 0.3 is 5.97 Å². The highest BCUT2D eigenvalue weighted by atomic mass is 32.2. The second kappa shape index (κ2) is 13.0. The summed E-state index contributed by atoms with van der Waals surface area (Å²) in [5, 5.41) is 9.98. The molecule has 0 atom stereocenters. The van der Waals surface area contributed by atoms with E-state index in [9.17, 15) is 22.7 Å². The Hall–Kier alpha value is -2.57. The molecule has 2 saturated heterocycles. The summed E-state index contributed by atoms with van der Waals surface area (Å²) in [6.07, 6.45) is 1.76. The molecule has 2 aromatic carbocycles. The van der Waals surface area contributed by atoms with Crippen molar-refractivity contribution in [3.05, 3.63) is 47.8 Å². The zero-order valence-corrected chi connectivity index (χ0v) is 22.6. The number of carboxylic acids is 1. The van der Waals surface area contributed by atoms with Crippen LogP contribution in [0.15, 0.2) is 41.3 Å². The number of carbonyl (C=O) groups is 1. The van der Waals surface area contributed by atoms with E-state index >= 15 is 0 Å². The van der Waals surface area contributed by atoms with Crippen LogP contribution in [0, 0.1) is 5.82 Å². The smallest absolute Gasteiger partial charge is 0.335 e. The van der Waals surface area contributed by atoms with Crippen molar-refractivity contribution in [1.82, 2.24) is 9.21 Å². The second-order valence-electron chi connectivity index (χ2n) is 9.49. The van der Waals surface area contributed by atoms with E-state index in [1.165, 1.54) is 22.5 Å². The van der Waals surface area contributed by atoms with Gasteiger partial charge in [0.05, 0.1) is 36.9 Å². The average Bonchev–Trinajstić information content (AvgIpc) is 2.94. The fourth-order valence-corrected chi connectivity index (χ4v) is 6.46. The normalized spacial score (nSPS) is 17.4. The maximum Gasteiger partial charge on any atom is 0.335 e. The molecule has 0 bridgehead atoms. The molecule has 0 saturated carbocycles. The van der Waals surface area contributed by atoms with Gasteiger partial charge in [-0.3, -0.25) is 4.90 Å². The molecule has 2 fully saturated rings. The van der Waals surface area contributed by atoms with Crippen LogP contribution in [0.3, 0.4) is 0 Å². The number of morpholine rings is 2. The molecular weight excluding hydrogens is 513 g/mol. The van der Waals surface area contributed by atoms with Crippen molar-refractivity contribution >= 4 is 21.7 Å². The molecule has 0 amide bonds. The number of hydrogen-bond acceptors (Lipinski definition) is 7. The van der Waals surface area contributed by atoms with Crippen LogP contribution in [-0.4, -0.2) is 101 Å². The number of hydrogen-bond donors (Lipinski definition) is 1. The van der Waals surface area contributed by atoms with Crippen LogP contribution in [0.4, 0.5) is 10.1 Å². The summed E-state index contributed by atoms with van der Waals surface area (Å²) in [6.45, 7) is 7.79. The molecular formula is C27H36FN3O6S. The Morgan fingerprint density at radius 1 is 1.00 bits per heavy atom. The Balaban J connectivity index is 1.88. The number of anilines is 1. The monoisotopic (exact) mass is 549 g/mol. The van der Waals surface area contributed by atoms with Gasteiger partial charge in [0.15, 0.2) is 0 Å². The molecule has 0 aromatic heterocycles. The number of aromatic carboxylic acids is 1. The van der Waals surface area contributed by atoms with E-state index in [1.807, 2.05) is 0 Å². The molecule has 2 heterocycles. The van der Waals surface area contributed by atoms with Gasteiger partial charge in [0.25, 0.3) is 0 Å². The minimum Gasteiger partial charge on any atom is -0.478 e. The SMILES string of the molecule is CCCCN(CCN1CCOCC1)c1cc(C(=O)O)cc(S(=O)(=O)N2CCOCC2)c1-c1ccc(F)cc1. The minimum absolute atomic E-state index is 0.0891. The predicted molar refractivity (Wildman–Crippen MR) is 143 cm³/mol. The molecule has 1 N–H and O–H groups in total. The lowest BCUT2D eigenvalue weighted by Gasteiger charge is -2.33. The van der Waals surface area contributed by atoms with E-state index in [0.717, 1.165) is 32.5 Å². The van der Waals surface area contributed by atoms with Crippen LogP contribution in [0.25, 0.3) is 11.1 Å². The van der Waals surface area contributed by atoms with Gasteiger partial charge in [-0.15, -0.1) is 0 Å². The molecule has 2 aliphatic heterocycles. The first-order chi connectivity index (χ1) is 18.3. The molecule has 0 aliphatic carbocycles. The summed E-state index contributed by atoms with van der Waals surface area (Å²) in [5.41, 5.74) is 1.31. The van der Waals surface area contributed by atoms with Gasteiger partial charge < -0.3 is 19.5 Å². The molecule has 0 spiro atoms. The highest BCUT2D eigenvalue weighted by Crippen LogP contribution is 2.40. The van der Waals surface area contributed by atoms with Crippen LogP contribution < -0.4 is 4.90 Å². The number of nitrogens with zero attached hydrogens (tertiary/aromatic N) is 3. The first kappa shape index (κ1) is 28.4. The van der Waals surface area contributed by atoms with Gasteiger partial charge in [0.2, 0.25) is 10.0 Å². The summed E-state index contributed by atoms with van der Waals surface area (Å²) < 4.78 is 54.0. The second-order valence-corrected chi connectivity index (χ2v) is 11.4. The summed E-state index contributed by atoms with van der Waals surface area (Å²) in [5.74, 6) is -1.65. The maximum atomic E-state index is 14.0. The van der Waals surface area contributed by atoms with E-state index in [0.29, 0.717) is 43.1 Å². The number of carboxylic acid groups (broad SMARTS) is 1. The van der Waals surface area contributed by atoms with Crippen LogP contribution in [0.1, 0.15) is 30.1 Å². The van der Waals surface area contributed by atoms with Crippen LogP contribution >= 0.6 is 0 Å². The Bertz CT molecular complexity index is 1200. The zero-order valence-electron chi connectivity index (χ0n) is 21.8. The van der Waals surface area contributed by atoms with Gasteiger partial charge in [0, 0.05) is 57.1 Å². The van der Waals surface area contributed by atoms with Crippen molar-refractivity contribution < 1.29 is 32.2 Å². The lowest BCUT2D eigenvalue weighted by molar-refractivity contribution is 0.0391. The molecule has 4 rings (SSSR count). The van der Waals surface area contributed by atoms with Crippen molar-refractivity contribution in [3.63, 3.8) is 0 Å². The number of unbranched alkanes of at least 4 members (excludes halogenated alkanes) is 1. The highest BCUT2D eigenvalue weighted by Gasteiger charge is 2.32. The van der Waals surface area contributed by atoms with Crippen molar-refractivity contribution in [2.24, 2.45) is 0 Å². The van der Waals surface area contributed by atoms with Crippen molar-refractivity contribution in [2.75, 3.05) is 77.1 Å². The molecule has 38 heavy (non-hydrogen) atoms. The van der Waals surface area contributed by atoms with Gasteiger partial charge in [-0.1, -0.05) is 25.5 Å². The third kappa shape index (κ3) is 6.70. The van der Waals surface area contributed by atoms with Gasteiger partial charge in [-0.25, -0.2) is 17.6 Å².